The highest BCUT2D eigenvalue weighted by atomic mass is 79.9. The summed E-state index contributed by atoms with van der Waals surface area (Å²) in [7, 11) is 4.08. The van der Waals surface area contributed by atoms with Gasteiger partial charge in [0.25, 0.3) is 0 Å². The predicted molar refractivity (Wildman–Crippen MR) is 80.7 cm³/mol. The molecule has 1 aromatic rings. The Kier molecular flexibility index (Phi) is 5.37. The first-order chi connectivity index (χ1) is 9.13. The van der Waals surface area contributed by atoms with Gasteiger partial charge in [0.15, 0.2) is 0 Å². The van der Waals surface area contributed by atoms with Crippen LogP contribution in [0.15, 0.2) is 22.7 Å². The van der Waals surface area contributed by atoms with E-state index in [2.05, 4.69) is 33.2 Å². The van der Waals surface area contributed by atoms with Crippen LogP contribution >= 0.6 is 15.9 Å². The van der Waals surface area contributed by atoms with Crippen molar-refractivity contribution in [3.05, 3.63) is 34.1 Å². The van der Waals surface area contributed by atoms with Crippen molar-refractivity contribution in [3.8, 4) is 0 Å². The van der Waals surface area contributed by atoms with Crippen LogP contribution in [0.4, 0.5) is 4.39 Å². The molecule has 106 valence electrons. The monoisotopic (exact) mass is 328 g/mol. The number of halogens is 2. The topological polar surface area (TPSA) is 15.3 Å². The Hall–Kier alpha value is -0.450. The zero-order valence-electron chi connectivity index (χ0n) is 11.6. The molecular weight excluding hydrogens is 307 g/mol. The SMILES string of the molecule is CNCC1CCCCN(C)C1c1cc(Br)ccc1F. The van der Waals surface area contributed by atoms with Crippen LogP contribution in [0.5, 0.6) is 0 Å². The molecule has 1 saturated heterocycles. The molecule has 1 heterocycles. The highest BCUT2D eigenvalue weighted by Gasteiger charge is 2.30. The third-order valence-corrected chi connectivity index (χ3v) is 4.49. The second-order valence-electron chi connectivity index (χ2n) is 5.40. The summed E-state index contributed by atoms with van der Waals surface area (Å²) in [4.78, 5) is 2.31. The fraction of sp³-hybridized carbons (Fsp3) is 0.600. The number of hydrogen-bond acceptors (Lipinski definition) is 2. The van der Waals surface area contributed by atoms with Gasteiger partial charge in [-0.3, -0.25) is 4.90 Å². The molecule has 2 unspecified atom stereocenters. The van der Waals surface area contributed by atoms with E-state index in [1.54, 1.807) is 12.1 Å². The number of hydrogen-bond donors (Lipinski definition) is 1. The van der Waals surface area contributed by atoms with Gasteiger partial charge >= 0.3 is 0 Å². The standard InChI is InChI=1S/C15H22BrFN2/c1-18-10-11-5-3-4-8-19(2)15(11)13-9-12(16)6-7-14(13)17/h6-7,9,11,15,18H,3-5,8,10H2,1-2H3. The van der Waals surface area contributed by atoms with Crippen molar-refractivity contribution in [3.63, 3.8) is 0 Å². The summed E-state index contributed by atoms with van der Waals surface area (Å²) >= 11 is 3.46. The predicted octanol–water partition coefficient (Wildman–Crippen LogP) is 3.58. The Balaban J connectivity index is 2.36. The molecule has 0 radical (unpaired) electrons. The molecule has 2 nitrogen and oxygen atoms in total. The number of nitrogens with zero attached hydrogens (tertiary/aromatic N) is 1. The third-order valence-electron chi connectivity index (χ3n) is 4.00. The van der Waals surface area contributed by atoms with Crippen LogP contribution in [0.25, 0.3) is 0 Å². The summed E-state index contributed by atoms with van der Waals surface area (Å²) < 4.78 is 15.2. The lowest BCUT2D eigenvalue weighted by Crippen LogP contribution is -2.34. The average Bonchev–Trinajstić information content (AvgIpc) is 2.55. The van der Waals surface area contributed by atoms with Gasteiger partial charge in [0.2, 0.25) is 0 Å². The Morgan fingerprint density at radius 1 is 1.42 bits per heavy atom. The maximum Gasteiger partial charge on any atom is 0.128 e. The van der Waals surface area contributed by atoms with Crippen LogP contribution in [0, 0.1) is 11.7 Å². The lowest BCUT2D eigenvalue weighted by Gasteiger charge is -2.33. The molecule has 0 amide bonds. The summed E-state index contributed by atoms with van der Waals surface area (Å²) in [5.74, 6) is 0.365. The van der Waals surface area contributed by atoms with Gasteiger partial charge in [0, 0.05) is 16.1 Å². The lowest BCUT2D eigenvalue weighted by molar-refractivity contribution is 0.186. The van der Waals surface area contributed by atoms with Crippen molar-refractivity contribution in [1.82, 2.24) is 10.2 Å². The van der Waals surface area contributed by atoms with E-state index in [9.17, 15) is 4.39 Å². The van der Waals surface area contributed by atoms with E-state index in [1.165, 1.54) is 12.8 Å². The van der Waals surface area contributed by atoms with Gasteiger partial charge < -0.3 is 5.32 Å². The van der Waals surface area contributed by atoms with E-state index in [-0.39, 0.29) is 11.9 Å². The fourth-order valence-corrected chi connectivity index (χ4v) is 3.51. The van der Waals surface area contributed by atoms with Gasteiger partial charge in [-0.05, 0) is 64.1 Å². The van der Waals surface area contributed by atoms with Crippen LogP contribution in [0.1, 0.15) is 30.9 Å². The zero-order chi connectivity index (χ0) is 13.8. The Bertz CT molecular complexity index is 425. The van der Waals surface area contributed by atoms with Gasteiger partial charge in [-0.1, -0.05) is 22.4 Å². The fourth-order valence-electron chi connectivity index (χ4n) is 3.13. The van der Waals surface area contributed by atoms with Gasteiger partial charge in [0.05, 0.1) is 0 Å². The van der Waals surface area contributed by atoms with E-state index >= 15 is 0 Å². The molecule has 2 atom stereocenters. The largest absolute Gasteiger partial charge is 0.319 e. The van der Waals surface area contributed by atoms with Crippen molar-refractivity contribution >= 4 is 15.9 Å². The minimum Gasteiger partial charge on any atom is -0.319 e. The summed E-state index contributed by atoms with van der Waals surface area (Å²) in [5.41, 5.74) is 0.819. The first-order valence-corrected chi connectivity index (χ1v) is 7.72. The molecular formula is C15H22BrFN2. The summed E-state index contributed by atoms with van der Waals surface area (Å²) in [6.45, 7) is 1.97. The van der Waals surface area contributed by atoms with Crippen LogP contribution < -0.4 is 5.32 Å². The van der Waals surface area contributed by atoms with Gasteiger partial charge in [-0.2, -0.15) is 0 Å². The molecule has 4 heteroatoms. The molecule has 0 aromatic heterocycles. The van der Waals surface area contributed by atoms with Crippen molar-refractivity contribution in [1.29, 1.82) is 0 Å². The van der Waals surface area contributed by atoms with Crippen molar-refractivity contribution in [2.75, 3.05) is 27.2 Å². The summed E-state index contributed by atoms with van der Waals surface area (Å²) in [5, 5.41) is 3.26. The van der Waals surface area contributed by atoms with E-state index < -0.39 is 0 Å². The molecule has 1 aliphatic heterocycles. The average molecular weight is 329 g/mol. The number of rotatable bonds is 3. The Morgan fingerprint density at radius 3 is 2.95 bits per heavy atom. The summed E-state index contributed by atoms with van der Waals surface area (Å²) in [6.07, 6.45) is 3.58. The second-order valence-corrected chi connectivity index (χ2v) is 6.32. The van der Waals surface area contributed by atoms with Crippen LogP contribution in [-0.2, 0) is 0 Å². The van der Waals surface area contributed by atoms with Gasteiger partial charge in [-0.15, -0.1) is 0 Å². The van der Waals surface area contributed by atoms with Gasteiger partial charge in [0.1, 0.15) is 5.82 Å². The van der Waals surface area contributed by atoms with Crippen molar-refractivity contribution in [2.24, 2.45) is 5.92 Å². The molecule has 19 heavy (non-hydrogen) atoms. The van der Waals surface area contributed by atoms with Gasteiger partial charge in [-0.25, -0.2) is 4.39 Å². The molecule has 1 aromatic carbocycles. The van der Waals surface area contributed by atoms with E-state index in [1.807, 2.05) is 13.1 Å². The molecule has 1 fully saturated rings. The van der Waals surface area contributed by atoms with Crippen molar-refractivity contribution < 1.29 is 4.39 Å². The molecule has 0 aliphatic carbocycles. The number of benzene rings is 1. The molecule has 1 aliphatic rings. The van der Waals surface area contributed by atoms with Crippen LogP contribution in [-0.4, -0.2) is 32.1 Å². The first-order valence-electron chi connectivity index (χ1n) is 6.93. The van der Waals surface area contributed by atoms with Crippen LogP contribution in [0.2, 0.25) is 0 Å². The minimum absolute atomic E-state index is 0.0944. The molecule has 0 spiro atoms. The summed E-state index contributed by atoms with van der Waals surface area (Å²) in [6, 6.07) is 5.43. The zero-order valence-corrected chi connectivity index (χ0v) is 13.2. The van der Waals surface area contributed by atoms with E-state index in [4.69, 9.17) is 0 Å². The van der Waals surface area contributed by atoms with Crippen molar-refractivity contribution in [2.45, 2.75) is 25.3 Å². The smallest absolute Gasteiger partial charge is 0.128 e. The Morgan fingerprint density at radius 2 is 2.21 bits per heavy atom. The highest BCUT2D eigenvalue weighted by Crippen LogP contribution is 2.36. The lowest BCUT2D eigenvalue weighted by atomic mass is 9.89. The highest BCUT2D eigenvalue weighted by molar-refractivity contribution is 9.10. The van der Waals surface area contributed by atoms with Crippen LogP contribution in [0.3, 0.4) is 0 Å². The van der Waals surface area contributed by atoms with E-state index in [0.29, 0.717) is 5.92 Å². The Labute approximate surface area is 123 Å². The normalized spacial score (nSPS) is 25.3. The molecule has 0 saturated carbocycles. The number of likely N-dealkylation sites (tertiary alicyclic amines) is 1. The quantitative estimate of drug-likeness (QED) is 0.912. The molecule has 2 rings (SSSR count). The maximum atomic E-state index is 14.2. The number of nitrogens with one attached hydrogen (secondary N) is 1. The molecule has 0 bridgehead atoms. The minimum atomic E-state index is -0.0944. The second kappa shape index (κ2) is 6.82. The molecule has 1 N–H and O–H groups in total. The third kappa shape index (κ3) is 3.56. The maximum absolute atomic E-state index is 14.2. The first kappa shape index (κ1) is 14.9. The van der Waals surface area contributed by atoms with E-state index in [0.717, 1.165) is 29.5 Å².